The molecule has 0 atom stereocenters. The van der Waals surface area contributed by atoms with Gasteiger partial charge in [0.1, 0.15) is 11.5 Å². The van der Waals surface area contributed by atoms with Gasteiger partial charge >= 0.3 is 0 Å². The summed E-state index contributed by atoms with van der Waals surface area (Å²) in [7, 11) is 4.94. The smallest absolute Gasteiger partial charge is 0.259 e. The molecule has 4 aromatic rings. The number of nitrogens with zero attached hydrogens (tertiary/aromatic N) is 4. The molecular weight excluding hydrogens is 472 g/mol. The molecule has 190 valence electrons. The maximum absolute atomic E-state index is 12.8. The van der Waals surface area contributed by atoms with Crippen LogP contribution in [0.15, 0.2) is 60.8 Å². The highest BCUT2D eigenvalue weighted by Crippen LogP contribution is 2.29. The van der Waals surface area contributed by atoms with Crippen molar-refractivity contribution in [3.8, 4) is 22.6 Å². The number of methoxy groups -OCH3 is 1. The van der Waals surface area contributed by atoms with Crippen LogP contribution in [0.3, 0.4) is 0 Å². The third-order valence-corrected chi connectivity index (χ3v) is 6.01. The van der Waals surface area contributed by atoms with E-state index in [1.807, 2.05) is 42.6 Å². The van der Waals surface area contributed by atoms with Gasteiger partial charge in [0, 0.05) is 43.7 Å². The first kappa shape index (κ1) is 24.1. The molecule has 37 heavy (non-hydrogen) atoms. The van der Waals surface area contributed by atoms with Crippen molar-refractivity contribution in [2.75, 3.05) is 33.1 Å². The van der Waals surface area contributed by atoms with Gasteiger partial charge in [-0.15, -0.1) is 5.10 Å². The first-order valence-electron chi connectivity index (χ1n) is 12.0. The first-order chi connectivity index (χ1) is 17.9. The molecule has 10 heteroatoms. The number of fused-ring (bicyclic) bond motifs is 1. The highest BCUT2D eigenvalue weighted by atomic mass is 16.5. The van der Waals surface area contributed by atoms with Crippen molar-refractivity contribution in [3.63, 3.8) is 0 Å². The quantitative estimate of drug-likeness (QED) is 0.362. The fourth-order valence-electron chi connectivity index (χ4n) is 3.75. The number of anilines is 2. The van der Waals surface area contributed by atoms with E-state index in [2.05, 4.69) is 20.7 Å². The molecule has 0 unspecified atom stereocenters. The van der Waals surface area contributed by atoms with Crippen molar-refractivity contribution in [1.82, 2.24) is 24.8 Å². The van der Waals surface area contributed by atoms with E-state index in [4.69, 9.17) is 9.47 Å². The topological polar surface area (TPSA) is 110 Å². The lowest BCUT2D eigenvalue weighted by molar-refractivity contribution is -0.130. The summed E-state index contributed by atoms with van der Waals surface area (Å²) in [4.78, 5) is 31.0. The molecule has 1 saturated carbocycles. The van der Waals surface area contributed by atoms with Crippen molar-refractivity contribution in [2.24, 2.45) is 0 Å². The number of hydrogen-bond donors (Lipinski definition) is 2. The van der Waals surface area contributed by atoms with Crippen LogP contribution in [0.4, 0.5) is 11.6 Å². The van der Waals surface area contributed by atoms with Gasteiger partial charge in [-0.2, -0.15) is 4.98 Å². The van der Waals surface area contributed by atoms with Crippen molar-refractivity contribution < 1.29 is 19.1 Å². The number of benzene rings is 2. The van der Waals surface area contributed by atoms with E-state index >= 15 is 0 Å². The maximum atomic E-state index is 12.8. The third-order valence-electron chi connectivity index (χ3n) is 6.01. The largest absolute Gasteiger partial charge is 0.497 e. The van der Waals surface area contributed by atoms with Gasteiger partial charge in [-0.3, -0.25) is 9.59 Å². The van der Waals surface area contributed by atoms with Crippen molar-refractivity contribution in [3.05, 3.63) is 66.4 Å². The Morgan fingerprint density at radius 3 is 2.59 bits per heavy atom. The van der Waals surface area contributed by atoms with Gasteiger partial charge in [0.05, 0.1) is 12.7 Å². The van der Waals surface area contributed by atoms with Crippen LogP contribution in [-0.4, -0.2) is 65.2 Å². The molecule has 1 fully saturated rings. The Balaban J connectivity index is 1.42. The average molecular weight is 501 g/mol. The van der Waals surface area contributed by atoms with Crippen LogP contribution < -0.4 is 20.1 Å². The summed E-state index contributed by atoms with van der Waals surface area (Å²) in [5.41, 5.74) is 3.58. The first-order valence-corrected chi connectivity index (χ1v) is 12.0. The predicted molar refractivity (Wildman–Crippen MR) is 139 cm³/mol. The molecule has 2 heterocycles. The summed E-state index contributed by atoms with van der Waals surface area (Å²) < 4.78 is 12.7. The predicted octanol–water partition coefficient (Wildman–Crippen LogP) is 3.51. The standard InChI is InChI=1S/C27H28N6O4/c1-32(2)24(34)16-37-23-15-19(10-13-22(23)26(35)28-18-8-9-18)29-27-30-25-21(5-4-14-33(25)31-27)17-6-11-20(36-3)12-7-17/h4-7,10-15,18H,8-9,16H2,1-3H3,(H,28,35)(H,29,31). The van der Waals surface area contributed by atoms with Crippen LogP contribution in [0, 0.1) is 0 Å². The summed E-state index contributed by atoms with van der Waals surface area (Å²) >= 11 is 0. The lowest BCUT2D eigenvalue weighted by atomic mass is 10.1. The molecule has 0 aliphatic heterocycles. The summed E-state index contributed by atoms with van der Waals surface area (Å²) in [5.74, 6) is 1.03. The number of pyridine rings is 1. The van der Waals surface area contributed by atoms with Gasteiger partial charge < -0.3 is 25.0 Å². The Labute approximate surface area is 214 Å². The van der Waals surface area contributed by atoms with Crippen molar-refractivity contribution in [1.29, 1.82) is 0 Å². The fraction of sp³-hybridized carbons (Fsp3) is 0.259. The minimum absolute atomic E-state index is 0.183. The Hall–Kier alpha value is -4.60. The molecule has 1 aliphatic carbocycles. The van der Waals surface area contributed by atoms with Crippen LogP contribution in [0.1, 0.15) is 23.2 Å². The van der Waals surface area contributed by atoms with Gasteiger partial charge in [0.25, 0.3) is 11.8 Å². The number of aromatic nitrogens is 3. The molecule has 5 rings (SSSR count). The van der Waals surface area contributed by atoms with Gasteiger partial charge in [-0.05, 0) is 54.8 Å². The van der Waals surface area contributed by atoms with E-state index in [9.17, 15) is 9.59 Å². The highest BCUT2D eigenvalue weighted by molar-refractivity contribution is 5.98. The minimum atomic E-state index is -0.226. The second-order valence-electron chi connectivity index (χ2n) is 9.01. The number of amides is 2. The summed E-state index contributed by atoms with van der Waals surface area (Å²) in [6, 6.07) is 17.0. The molecule has 0 bridgehead atoms. The number of rotatable bonds is 9. The van der Waals surface area contributed by atoms with E-state index in [1.165, 1.54) is 4.90 Å². The van der Waals surface area contributed by atoms with E-state index in [-0.39, 0.29) is 24.5 Å². The molecule has 2 amide bonds. The molecule has 0 saturated heterocycles. The number of carbonyl (C=O) groups excluding carboxylic acids is 2. The Morgan fingerprint density at radius 2 is 1.89 bits per heavy atom. The van der Waals surface area contributed by atoms with Gasteiger partial charge in [0.2, 0.25) is 5.95 Å². The van der Waals surface area contributed by atoms with Crippen molar-refractivity contribution in [2.45, 2.75) is 18.9 Å². The van der Waals surface area contributed by atoms with E-state index < -0.39 is 0 Å². The maximum Gasteiger partial charge on any atom is 0.259 e. The van der Waals surface area contributed by atoms with E-state index in [0.717, 1.165) is 29.7 Å². The number of ether oxygens (including phenoxy) is 2. The highest BCUT2D eigenvalue weighted by Gasteiger charge is 2.25. The summed E-state index contributed by atoms with van der Waals surface area (Å²) in [6.07, 6.45) is 3.77. The number of likely N-dealkylation sites (N-methyl/N-ethyl adjacent to an activating group) is 1. The van der Waals surface area contributed by atoms with Crippen LogP contribution in [0.2, 0.25) is 0 Å². The SMILES string of the molecule is COc1ccc(-c2cccn3nc(Nc4ccc(C(=O)NC5CC5)c(OCC(=O)N(C)C)c4)nc23)cc1. The normalized spacial score (nSPS) is 12.7. The van der Waals surface area contributed by atoms with Crippen LogP contribution in [-0.2, 0) is 4.79 Å². The van der Waals surface area contributed by atoms with E-state index in [1.54, 1.807) is 43.9 Å². The molecular formula is C27H28N6O4. The van der Waals surface area contributed by atoms with Crippen LogP contribution in [0.5, 0.6) is 11.5 Å². The van der Waals surface area contributed by atoms with Gasteiger partial charge in [-0.1, -0.05) is 12.1 Å². The molecule has 0 spiro atoms. The fourth-order valence-corrected chi connectivity index (χ4v) is 3.75. The molecule has 0 radical (unpaired) electrons. The van der Waals surface area contributed by atoms with Crippen LogP contribution >= 0.6 is 0 Å². The summed E-state index contributed by atoms with van der Waals surface area (Å²) in [6.45, 7) is -0.183. The summed E-state index contributed by atoms with van der Waals surface area (Å²) in [5, 5.41) is 10.7. The van der Waals surface area contributed by atoms with E-state index in [0.29, 0.717) is 28.6 Å². The molecule has 2 N–H and O–H groups in total. The molecule has 2 aromatic carbocycles. The monoisotopic (exact) mass is 500 g/mol. The minimum Gasteiger partial charge on any atom is -0.497 e. The Kier molecular flexibility index (Phi) is 6.63. The second-order valence-corrected chi connectivity index (χ2v) is 9.01. The Bertz CT molecular complexity index is 1440. The second kappa shape index (κ2) is 10.2. The third kappa shape index (κ3) is 5.48. The zero-order chi connectivity index (χ0) is 25.9. The molecule has 1 aliphatic rings. The Morgan fingerprint density at radius 1 is 1.11 bits per heavy atom. The van der Waals surface area contributed by atoms with Gasteiger partial charge in [-0.25, -0.2) is 4.52 Å². The molecule has 2 aromatic heterocycles. The molecule has 10 nitrogen and oxygen atoms in total. The number of hydrogen-bond acceptors (Lipinski definition) is 7. The zero-order valence-electron chi connectivity index (χ0n) is 20.9. The van der Waals surface area contributed by atoms with Crippen molar-refractivity contribution >= 4 is 29.1 Å². The zero-order valence-corrected chi connectivity index (χ0v) is 20.9. The van der Waals surface area contributed by atoms with Gasteiger partial charge in [0.15, 0.2) is 12.3 Å². The number of carbonyl (C=O) groups is 2. The lowest BCUT2D eigenvalue weighted by Crippen LogP contribution is -2.29. The number of nitrogens with one attached hydrogen (secondary N) is 2. The lowest BCUT2D eigenvalue weighted by Gasteiger charge is -2.15. The van der Waals surface area contributed by atoms with Crippen LogP contribution in [0.25, 0.3) is 16.8 Å². The average Bonchev–Trinajstić information content (AvgIpc) is 3.62.